The van der Waals surface area contributed by atoms with Crippen molar-refractivity contribution in [3.05, 3.63) is 40.7 Å². The van der Waals surface area contributed by atoms with E-state index in [1.165, 1.54) is 0 Å². The number of hydrogen-bond donors (Lipinski definition) is 3. The van der Waals surface area contributed by atoms with E-state index in [1.54, 1.807) is 24.3 Å². The van der Waals surface area contributed by atoms with Gasteiger partial charge in [0.15, 0.2) is 12.4 Å². The third-order valence-corrected chi connectivity index (χ3v) is 4.30. The lowest BCUT2D eigenvalue weighted by Gasteiger charge is -2.04. The number of anilines is 1. The molecule has 0 atom stereocenters. The molecule has 7 heteroatoms. The molecule has 0 aliphatic heterocycles. The molecule has 0 spiro atoms. The monoisotopic (exact) mass is 325 g/mol. The Hall–Kier alpha value is -2.18. The van der Waals surface area contributed by atoms with Gasteiger partial charge in [0.2, 0.25) is 0 Å². The zero-order valence-electron chi connectivity index (χ0n) is 10.8. The summed E-state index contributed by atoms with van der Waals surface area (Å²) in [7, 11) is 0. The second kappa shape index (κ2) is 6.07. The van der Waals surface area contributed by atoms with Gasteiger partial charge in [-0.1, -0.05) is 30.3 Å². The van der Waals surface area contributed by atoms with Crippen LogP contribution in [-0.4, -0.2) is 22.8 Å². The lowest BCUT2D eigenvalue weighted by molar-refractivity contribution is -0.139. The summed E-state index contributed by atoms with van der Waals surface area (Å²) < 4.78 is 5.15. The molecular weight excluding hydrogens is 314 g/mol. The van der Waals surface area contributed by atoms with Crippen molar-refractivity contribution in [2.45, 2.75) is 0 Å². The van der Waals surface area contributed by atoms with E-state index in [1.807, 2.05) is 0 Å². The van der Waals surface area contributed by atoms with E-state index in [-0.39, 0.29) is 16.5 Å². The number of ether oxygens (including phenoxy) is 1. The highest BCUT2D eigenvalue weighted by molar-refractivity contribution is 7.17. The van der Waals surface area contributed by atoms with Gasteiger partial charge < -0.3 is 20.7 Å². The lowest BCUT2D eigenvalue weighted by atomic mass is 10.1. The number of carbonyl (C=O) groups is 1. The summed E-state index contributed by atoms with van der Waals surface area (Å²) in [5.74, 6) is -1.27. The van der Waals surface area contributed by atoms with E-state index >= 15 is 0 Å². The first-order chi connectivity index (χ1) is 9.90. The summed E-state index contributed by atoms with van der Waals surface area (Å²) in [6, 6.07) is 7.03. The van der Waals surface area contributed by atoms with Crippen LogP contribution in [0, 0.1) is 0 Å². The molecule has 0 radical (unpaired) electrons. The zero-order valence-corrected chi connectivity index (χ0v) is 12.4. The fourth-order valence-electron chi connectivity index (χ4n) is 1.71. The minimum atomic E-state index is -1.14. The van der Waals surface area contributed by atoms with E-state index < -0.39 is 12.6 Å². The quantitative estimate of drug-likeness (QED) is 0.576. The second-order valence-corrected chi connectivity index (χ2v) is 5.56. The van der Waals surface area contributed by atoms with Gasteiger partial charge in [0.05, 0.1) is 4.88 Å². The Labute approximate surface area is 129 Å². The molecule has 5 nitrogen and oxygen atoms in total. The highest BCUT2D eigenvalue weighted by Crippen LogP contribution is 2.47. The molecule has 2 rings (SSSR count). The number of nitrogens with two attached hydrogens (primary N) is 1. The predicted octanol–water partition coefficient (Wildman–Crippen LogP) is 3.64. The van der Waals surface area contributed by atoms with Gasteiger partial charge in [-0.2, -0.15) is 0 Å². The number of aliphatic hydroxyl groups excluding tert-OH is 1. The molecule has 0 saturated carbocycles. The Morgan fingerprint density at radius 2 is 2.14 bits per heavy atom. The lowest BCUT2D eigenvalue weighted by Crippen LogP contribution is -2.09. The molecule has 1 heterocycles. The molecule has 0 unspecified atom stereocenters. The van der Waals surface area contributed by atoms with Crippen molar-refractivity contribution in [3.63, 3.8) is 0 Å². The third-order valence-electron chi connectivity index (χ3n) is 2.56. The molecule has 1 aromatic carbocycles. The number of benzene rings is 1. The maximum Gasteiger partial charge on any atom is 0.341 e. The standard InChI is InChI=1S/C14H12ClNO4S/c1-7(17)13-12(20-6-10(18)19)11(15)14(21-13)8-3-2-4-9(16)5-8/h2-5,17H,1,6,16H2,(H,18,19). The van der Waals surface area contributed by atoms with E-state index in [2.05, 4.69) is 6.58 Å². The molecule has 0 bridgehead atoms. The molecule has 4 N–H and O–H groups in total. The maximum atomic E-state index is 10.6. The van der Waals surface area contributed by atoms with Crippen LogP contribution in [0.25, 0.3) is 16.2 Å². The first kappa shape index (κ1) is 15.2. The molecule has 0 saturated heterocycles. The van der Waals surface area contributed by atoms with Crippen LogP contribution in [-0.2, 0) is 4.79 Å². The Morgan fingerprint density at radius 3 is 2.71 bits per heavy atom. The fraction of sp³-hybridized carbons (Fsp3) is 0.0714. The van der Waals surface area contributed by atoms with E-state index in [0.717, 1.165) is 16.9 Å². The normalized spacial score (nSPS) is 10.3. The van der Waals surface area contributed by atoms with Crippen LogP contribution >= 0.6 is 22.9 Å². The SMILES string of the molecule is C=C(O)c1sc(-c2cccc(N)c2)c(Cl)c1OCC(=O)O. The molecular formula is C14H12ClNO4S. The maximum absolute atomic E-state index is 10.6. The van der Waals surface area contributed by atoms with Gasteiger partial charge >= 0.3 is 5.97 Å². The van der Waals surface area contributed by atoms with E-state index in [0.29, 0.717) is 15.4 Å². The van der Waals surface area contributed by atoms with Crippen LogP contribution in [0.3, 0.4) is 0 Å². The smallest absolute Gasteiger partial charge is 0.341 e. The number of nitrogen functional groups attached to an aromatic ring is 1. The van der Waals surface area contributed by atoms with Gasteiger partial charge in [0, 0.05) is 5.69 Å². The summed E-state index contributed by atoms with van der Waals surface area (Å²) in [6.45, 7) is 2.87. The number of rotatable bonds is 5. The van der Waals surface area contributed by atoms with E-state index in [4.69, 9.17) is 27.2 Å². The van der Waals surface area contributed by atoms with Crippen LogP contribution in [0.15, 0.2) is 30.8 Å². The summed E-state index contributed by atoms with van der Waals surface area (Å²) >= 11 is 7.40. The number of carboxylic acids is 1. The Kier molecular flexibility index (Phi) is 4.40. The van der Waals surface area contributed by atoms with Gasteiger partial charge in [-0.05, 0) is 17.7 Å². The van der Waals surface area contributed by atoms with Crippen LogP contribution in [0.1, 0.15) is 4.88 Å². The highest BCUT2D eigenvalue weighted by atomic mass is 35.5. The molecule has 0 fully saturated rings. The van der Waals surface area contributed by atoms with Crippen molar-refractivity contribution in [2.75, 3.05) is 12.3 Å². The topological polar surface area (TPSA) is 92.8 Å². The Morgan fingerprint density at radius 1 is 1.43 bits per heavy atom. The number of aliphatic carboxylic acids is 1. The second-order valence-electron chi connectivity index (χ2n) is 4.16. The average molecular weight is 326 g/mol. The zero-order chi connectivity index (χ0) is 15.6. The summed E-state index contributed by atoms with van der Waals surface area (Å²) in [5.41, 5.74) is 7.05. The van der Waals surface area contributed by atoms with Crippen LogP contribution in [0.2, 0.25) is 5.02 Å². The number of thiophene rings is 1. The van der Waals surface area contributed by atoms with Gasteiger partial charge in [0.25, 0.3) is 0 Å². The van der Waals surface area contributed by atoms with Crippen molar-refractivity contribution < 1.29 is 19.7 Å². The average Bonchev–Trinajstić information content (AvgIpc) is 2.73. The van der Waals surface area contributed by atoms with Gasteiger partial charge in [-0.3, -0.25) is 0 Å². The van der Waals surface area contributed by atoms with Crippen molar-refractivity contribution in [2.24, 2.45) is 0 Å². The molecule has 1 aromatic heterocycles. The fourth-order valence-corrected chi connectivity index (χ4v) is 3.15. The Bertz CT molecular complexity index is 711. The number of carboxylic acid groups (broad SMARTS) is 1. The number of aliphatic hydroxyl groups is 1. The third kappa shape index (κ3) is 3.29. The predicted molar refractivity (Wildman–Crippen MR) is 84.0 cm³/mol. The van der Waals surface area contributed by atoms with Crippen LogP contribution in [0.5, 0.6) is 5.75 Å². The van der Waals surface area contributed by atoms with Crippen LogP contribution in [0.4, 0.5) is 5.69 Å². The van der Waals surface area contributed by atoms with Crippen molar-refractivity contribution in [3.8, 4) is 16.2 Å². The van der Waals surface area contributed by atoms with Gasteiger partial charge in [0.1, 0.15) is 15.7 Å². The molecule has 2 aromatic rings. The Balaban J connectivity index is 2.51. The highest BCUT2D eigenvalue weighted by Gasteiger charge is 2.22. The minimum absolute atomic E-state index is 0.106. The summed E-state index contributed by atoms with van der Waals surface area (Å²) in [4.78, 5) is 11.5. The van der Waals surface area contributed by atoms with Gasteiger partial charge in [-0.15, -0.1) is 11.3 Å². The summed E-state index contributed by atoms with van der Waals surface area (Å²) in [6.07, 6.45) is 0. The molecule has 21 heavy (non-hydrogen) atoms. The number of hydrogen-bond acceptors (Lipinski definition) is 5. The largest absolute Gasteiger partial charge is 0.507 e. The molecule has 110 valence electrons. The minimum Gasteiger partial charge on any atom is -0.507 e. The first-order valence-corrected chi connectivity index (χ1v) is 7.00. The molecule has 0 aliphatic rings. The van der Waals surface area contributed by atoms with Crippen molar-refractivity contribution in [1.29, 1.82) is 0 Å². The summed E-state index contributed by atoms with van der Waals surface area (Å²) in [5, 5.41) is 18.5. The van der Waals surface area contributed by atoms with E-state index in [9.17, 15) is 9.90 Å². The first-order valence-electron chi connectivity index (χ1n) is 5.81. The van der Waals surface area contributed by atoms with Crippen molar-refractivity contribution >= 4 is 40.4 Å². The number of halogens is 1. The van der Waals surface area contributed by atoms with Gasteiger partial charge in [-0.25, -0.2) is 4.79 Å². The van der Waals surface area contributed by atoms with Crippen molar-refractivity contribution in [1.82, 2.24) is 0 Å². The molecule has 0 aliphatic carbocycles. The van der Waals surface area contributed by atoms with Crippen LogP contribution < -0.4 is 10.5 Å². The molecule has 0 amide bonds.